The van der Waals surface area contributed by atoms with Crippen LogP contribution >= 0.6 is 11.3 Å². The van der Waals surface area contributed by atoms with Gasteiger partial charge < -0.3 is 9.64 Å². The van der Waals surface area contributed by atoms with Crippen LogP contribution in [-0.2, 0) is 4.79 Å². The lowest BCUT2D eigenvalue weighted by Gasteiger charge is -2.22. The van der Waals surface area contributed by atoms with Gasteiger partial charge in [-0.2, -0.15) is 0 Å². The van der Waals surface area contributed by atoms with Crippen molar-refractivity contribution in [2.24, 2.45) is 0 Å². The standard InChI is InChI=1S/C19H18F3N3O2S/c1-24(2)7-8-25(17(26)11-27-14-5-3-12(20)4-6-14)19-23-18-15(22)9-13(21)10-16(18)28-19/h3-6,9-10H,7-8,11H2,1-2H3. The molecule has 0 aliphatic carbocycles. The minimum Gasteiger partial charge on any atom is -0.484 e. The molecule has 148 valence electrons. The van der Waals surface area contributed by atoms with Crippen LogP contribution < -0.4 is 9.64 Å². The second-order valence-corrected chi connectivity index (χ2v) is 7.33. The van der Waals surface area contributed by atoms with E-state index in [1.165, 1.54) is 35.2 Å². The molecule has 0 N–H and O–H groups in total. The number of halogens is 3. The minimum atomic E-state index is -0.778. The Hall–Kier alpha value is -2.65. The van der Waals surface area contributed by atoms with Gasteiger partial charge in [-0.3, -0.25) is 9.69 Å². The third-order valence-corrected chi connectivity index (χ3v) is 4.91. The number of carbonyl (C=O) groups is 1. The van der Waals surface area contributed by atoms with Crippen LogP contribution in [0.3, 0.4) is 0 Å². The average Bonchev–Trinajstić information content (AvgIpc) is 3.05. The fraction of sp³-hybridized carbons (Fsp3) is 0.263. The van der Waals surface area contributed by atoms with Crippen molar-refractivity contribution in [2.45, 2.75) is 0 Å². The molecule has 0 saturated heterocycles. The van der Waals surface area contributed by atoms with Gasteiger partial charge in [0.1, 0.15) is 22.9 Å². The first-order chi connectivity index (χ1) is 13.3. The van der Waals surface area contributed by atoms with Gasteiger partial charge in [-0.05, 0) is 44.4 Å². The number of hydrogen-bond donors (Lipinski definition) is 0. The number of hydrogen-bond acceptors (Lipinski definition) is 5. The van der Waals surface area contributed by atoms with Crippen LogP contribution in [0.5, 0.6) is 5.75 Å². The van der Waals surface area contributed by atoms with Crippen molar-refractivity contribution in [3.05, 3.63) is 53.8 Å². The number of benzene rings is 2. The van der Waals surface area contributed by atoms with Crippen molar-refractivity contribution in [2.75, 3.05) is 38.7 Å². The highest BCUT2D eigenvalue weighted by Crippen LogP contribution is 2.31. The van der Waals surface area contributed by atoms with Crippen LogP contribution in [0.1, 0.15) is 0 Å². The molecule has 1 aromatic heterocycles. The third kappa shape index (κ3) is 4.79. The van der Waals surface area contributed by atoms with E-state index in [1.54, 1.807) is 0 Å². The first-order valence-corrected chi connectivity index (χ1v) is 9.24. The summed E-state index contributed by atoms with van der Waals surface area (Å²) < 4.78 is 46.1. The van der Waals surface area contributed by atoms with Gasteiger partial charge in [0, 0.05) is 19.2 Å². The molecule has 0 radical (unpaired) electrons. The van der Waals surface area contributed by atoms with Crippen LogP contribution in [-0.4, -0.2) is 49.6 Å². The number of nitrogens with zero attached hydrogens (tertiary/aromatic N) is 3. The highest BCUT2D eigenvalue weighted by atomic mass is 32.1. The highest BCUT2D eigenvalue weighted by Gasteiger charge is 2.22. The molecule has 28 heavy (non-hydrogen) atoms. The van der Waals surface area contributed by atoms with Gasteiger partial charge >= 0.3 is 0 Å². The van der Waals surface area contributed by atoms with Crippen molar-refractivity contribution < 1.29 is 22.7 Å². The van der Waals surface area contributed by atoms with Crippen LogP contribution in [0, 0.1) is 17.5 Å². The number of amides is 1. The Balaban J connectivity index is 1.82. The molecule has 3 aromatic rings. The van der Waals surface area contributed by atoms with E-state index in [-0.39, 0.29) is 17.3 Å². The lowest BCUT2D eigenvalue weighted by Crippen LogP contribution is -2.39. The quantitative estimate of drug-likeness (QED) is 0.597. The molecule has 1 heterocycles. The summed E-state index contributed by atoms with van der Waals surface area (Å²) in [4.78, 5) is 20.2. The maximum Gasteiger partial charge on any atom is 0.266 e. The fourth-order valence-corrected chi connectivity index (χ4v) is 3.49. The molecule has 0 aliphatic heterocycles. The summed E-state index contributed by atoms with van der Waals surface area (Å²) in [6.45, 7) is 0.531. The largest absolute Gasteiger partial charge is 0.484 e. The maximum absolute atomic E-state index is 14.0. The number of likely N-dealkylation sites (N-methyl/N-ethyl adjacent to an activating group) is 1. The zero-order valence-electron chi connectivity index (χ0n) is 15.3. The summed E-state index contributed by atoms with van der Waals surface area (Å²) >= 11 is 1.03. The molecule has 0 saturated carbocycles. The third-order valence-electron chi connectivity index (χ3n) is 3.88. The smallest absolute Gasteiger partial charge is 0.266 e. The first-order valence-electron chi connectivity index (χ1n) is 8.42. The number of fused-ring (bicyclic) bond motifs is 1. The lowest BCUT2D eigenvalue weighted by atomic mass is 10.3. The molecular weight excluding hydrogens is 391 g/mol. The van der Waals surface area contributed by atoms with Gasteiger partial charge in [0.05, 0.1) is 4.70 Å². The second-order valence-electron chi connectivity index (χ2n) is 6.32. The number of carbonyl (C=O) groups excluding carboxylic acids is 1. The maximum atomic E-state index is 14.0. The van der Waals surface area contributed by atoms with Gasteiger partial charge in [-0.15, -0.1) is 0 Å². The van der Waals surface area contributed by atoms with Crippen molar-refractivity contribution in [3.8, 4) is 5.75 Å². The normalized spacial score (nSPS) is 11.2. The number of rotatable bonds is 7. The van der Waals surface area contributed by atoms with Gasteiger partial charge in [-0.25, -0.2) is 18.2 Å². The summed E-state index contributed by atoms with van der Waals surface area (Å²) in [7, 11) is 3.70. The number of anilines is 1. The Labute approximate surface area is 164 Å². The van der Waals surface area contributed by atoms with E-state index in [0.29, 0.717) is 23.5 Å². The Morgan fingerprint density at radius 1 is 1.07 bits per heavy atom. The van der Waals surface area contributed by atoms with Crippen LogP contribution in [0.25, 0.3) is 10.2 Å². The minimum absolute atomic E-state index is 0.0171. The van der Waals surface area contributed by atoms with Crippen LogP contribution in [0.15, 0.2) is 36.4 Å². The summed E-state index contributed by atoms with van der Waals surface area (Å²) in [6, 6.07) is 7.24. The lowest BCUT2D eigenvalue weighted by molar-refractivity contribution is -0.120. The molecule has 5 nitrogen and oxygen atoms in total. The zero-order valence-corrected chi connectivity index (χ0v) is 16.1. The monoisotopic (exact) mass is 409 g/mol. The van der Waals surface area contributed by atoms with Gasteiger partial charge in [0.25, 0.3) is 5.91 Å². The van der Waals surface area contributed by atoms with E-state index < -0.39 is 23.4 Å². The van der Waals surface area contributed by atoms with Crippen molar-refractivity contribution in [1.29, 1.82) is 0 Å². The van der Waals surface area contributed by atoms with Crippen molar-refractivity contribution in [3.63, 3.8) is 0 Å². The van der Waals surface area contributed by atoms with E-state index in [2.05, 4.69) is 4.98 Å². The van der Waals surface area contributed by atoms with E-state index in [0.717, 1.165) is 17.4 Å². The van der Waals surface area contributed by atoms with E-state index in [9.17, 15) is 18.0 Å². The summed E-state index contributed by atoms with van der Waals surface area (Å²) in [5, 5.41) is 0.258. The number of aromatic nitrogens is 1. The highest BCUT2D eigenvalue weighted by molar-refractivity contribution is 7.22. The number of ether oxygens (including phenoxy) is 1. The Bertz CT molecular complexity index is 976. The molecule has 1 amide bonds. The molecule has 0 fully saturated rings. The predicted octanol–water partition coefficient (Wildman–Crippen LogP) is 3.69. The molecule has 3 rings (SSSR count). The van der Waals surface area contributed by atoms with Crippen molar-refractivity contribution >= 4 is 32.6 Å². The SMILES string of the molecule is CN(C)CCN(C(=O)COc1ccc(F)cc1)c1nc2c(F)cc(F)cc2s1. The summed E-state index contributed by atoms with van der Waals surface area (Å²) in [5.74, 6) is -1.94. The van der Waals surface area contributed by atoms with Gasteiger partial charge in [0.15, 0.2) is 17.6 Å². The molecular formula is C19H18F3N3O2S. The Morgan fingerprint density at radius 2 is 1.79 bits per heavy atom. The molecule has 0 unspecified atom stereocenters. The van der Waals surface area contributed by atoms with Gasteiger partial charge in [-0.1, -0.05) is 11.3 Å². The molecule has 0 aliphatic rings. The van der Waals surface area contributed by atoms with E-state index in [4.69, 9.17) is 4.74 Å². The molecule has 0 spiro atoms. The first kappa shape index (κ1) is 20.1. The topological polar surface area (TPSA) is 45.7 Å². The Morgan fingerprint density at radius 3 is 2.46 bits per heavy atom. The zero-order chi connectivity index (χ0) is 20.3. The predicted molar refractivity (Wildman–Crippen MR) is 102 cm³/mol. The fourth-order valence-electron chi connectivity index (χ4n) is 2.44. The van der Waals surface area contributed by atoms with Gasteiger partial charge in [0.2, 0.25) is 0 Å². The second kappa shape index (κ2) is 8.57. The molecule has 2 aromatic carbocycles. The van der Waals surface area contributed by atoms with Crippen molar-refractivity contribution in [1.82, 2.24) is 9.88 Å². The molecule has 0 bridgehead atoms. The Kier molecular flexibility index (Phi) is 6.15. The molecule has 0 atom stereocenters. The van der Waals surface area contributed by atoms with E-state index >= 15 is 0 Å². The van der Waals surface area contributed by atoms with Crippen LogP contribution in [0.4, 0.5) is 18.3 Å². The summed E-state index contributed by atoms with van der Waals surface area (Å²) in [6.07, 6.45) is 0. The average molecular weight is 409 g/mol. The molecule has 9 heteroatoms. The van der Waals surface area contributed by atoms with E-state index in [1.807, 2.05) is 19.0 Å². The van der Waals surface area contributed by atoms with Crippen LogP contribution in [0.2, 0.25) is 0 Å². The number of thiazole rings is 1. The summed E-state index contributed by atoms with van der Waals surface area (Å²) in [5.41, 5.74) is 0.0171.